The molecule has 3 aliphatic heterocycles. The van der Waals surface area contributed by atoms with Crippen molar-refractivity contribution in [1.82, 2.24) is 14.7 Å². The van der Waals surface area contributed by atoms with Crippen molar-refractivity contribution in [3.05, 3.63) is 0 Å². The lowest BCUT2D eigenvalue weighted by Gasteiger charge is -2.40. The monoisotopic (exact) mass is 347 g/mol. The van der Waals surface area contributed by atoms with E-state index in [1.54, 1.807) is 0 Å². The highest BCUT2D eigenvalue weighted by Gasteiger charge is 2.38. The van der Waals surface area contributed by atoms with Crippen molar-refractivity contribution in [1.29, 1.82) is 0 Å². The van der Waals surface area contributed by atoms with E-state index in [1.807, 2.05) is 14.7 Å². The Bertz CT molecular complexity index is 552. The number of rotatable bonds is 3. The lowest BCUT2D eigenvalue weighted by molar-refractivity contribution is -0.142. The molecule has 3 heterocycles. The quantitative estimate of drug-likeness (QED) is 0.772. The number of amides is 3. The number of piperidine rings is 2. The number of hydrogen-bond acceptors (Lipinski definition) is 3. The molecule has 0 spiro atoms. The van der Waals surface area contributed by atoms with Crippen LogP contribution in [0.3, 0.4) is 0 Å². The third-order valence-corrected chi connectivity index (χ3v) is 6.34. The largest absolute Gasteiger partial charge is 0.342 e. The molecule has 0 aromatic heterocycles. The van der Waals surface area contributed by atoms with Crippen LogP contribution in [0.4, 0.5) is 0 Å². The first-order valence-corrected chi connectivity index (χ1v) is 10.0. The summed E-state index contributed by atoms with van der Waals surface area (Å²) in [5.74, 6) is 0.985. The van der Waals surface area contributed by atoms with Gasteiger partial charge in [0.2, 0.25) is 17.7 Å². The average molecular weight is 347 g/mol. The fourth-order valence-electron chi connectivity index (χ4n) is 4.68. The molecule has 4 aliphatic rings. The highest BCUT2D eigenvalue weighted by Crippen LogP contribution is 2.33. The zero-order valence-corrected chi connectivity index (χ0v) is 15.0. The van der Waals surface area contributed by atoms with Crippen LogP contribution in [-0.4, -0.2) is 71.2 Å². The second-order valence-corrected chi connectivity index (χ2v) is 8.14. The molecular weight excluding hydrogens is 318 g/mol. The van der Waals surface area contributed by atoms with Crippen molar-refractivity contribution in [2.75, 3.05) is 32.7 Å². The number of likely N-dealkylation sites (tertiary alicyclic amines) is 3. The molecule has 1 unspecified atom stereocenters. The molecule has 3 saturated heterocycles. The Kier molecular flexibility index (Phi) is 4.69. The molecule has 6 nitrogen and oxygen atoms in total. The van der Waals surface area contributed by atoms with E-state index in [2.05, 4.69) is 0 Å². The Morgan fingerprint density at radius 3 is 2.12 bits per heavy atom. The Morgan fingerprint density at radius 2 is 1.48 bits per heavy atom. The maximum absolute atomic E-state index is 12.9. The van der Waals surface area contributed by atoms with Crippen molar-refractivity contribution >= 4 is 17.7 Å². The molecule has 4 rings (SSSR count). The van der Waals surface area contributed by atoms with Crippen LogP contribution in [0.15, 0.2) is 0 Å². The van der Waals surface area contributed by atoms with Crippen LogP contribution in [0.1, 0.15) is 51.4 Å². The first-order chi connectivity index (χ1) is 12.1. The fourth-order valence-corrected chi connectivity index (χ4v) is 4.68. The highest BCUT2D eigenvalue weighted by molar-refractivity contribution is 5.83. The summed E-state index contributed by atoms with van der Waals surface area (Å²) in [5, 5.41) is 0. The second kappa shape index (κ2) is 6.96. The smallest absolute Gasteiger partial charge is 0.227 e. The van der Waals surface area contributed by atoms with E-state index in [4.69, 9.17) is 0 Å². The molecule has 0 bridgehead atoms. The van der Waals surface area contributed by atoms with Gasteiger partial charge in [0, 0.05) is 51.1 Å². The van der Waals surface area contributed by atoms with Crippen LogP contribution >= 0.6 is 0 Å². The summed E-state index contributed by atoms with van der Waals surface area (Å²) in [6.45, 7) is 3.82. The minimum absolute atomic E-state index is 0.0265. The van der Waals surface area contributed by atoms with Crippen LogP contribution in [-0.2, 0) is 14.4 Å². The summed E-state index contributed by atoms with van der Waals surface area (Å²) in [6, 6.07) is 0.318. The van der Waals surface area contributed by atoms with Crippen molar-refractivity contribution in [2.24, 2.45) is 11.8 Å². The summed E-state index contributed by atoms with van der Waals surface area (Å²) >= 11 is 0. The van der Waals surface area contributed by atoms with Gasteiger partial charge in [0.25, 0.3) is 0 Å². The molecule has 0 aromatic rings. The first kappa shape index (κ1) is 16.9. The van der Waals surface area contributed by atoms with Gasteiger partial charge in [-0.15, -0.1) is 0 Å². The van der Waals surface area contributed by atoms with Crippen LogP contribution < -0.4 is 0 Å². The van der Waals surface area contributed by atoms with Crippen molar-refractivity contribution in [3.63, 3.8) is 0 Å². The molecule has 1 saturated carbocycles. The van der Waals surface area contributed by atoms with Crippen molar-refractivity contribution < 1.29 is 14.4 Å². The van der Waals surface area contributed by atoms with Gasteiger partial charge >= 0.3 is 0 Å². The molecule has 0 radical (unpaired) electrons. The lowest BCUT2D eigenvalue weighted by Crippen LogP contribution is -2.51. The molecule has 0 N–H and O–H groups in total. The molecular formula is C19H29N3O3. The normalized spacial score (nSPS) is 28.6. The minimum atomic E-state index is -0.0265. The maximum Gasteiger partial charge on any atom is 0.227 e. The van der Waals surface area contributed by atoms with Gasteiger partial charge in [0.05, 0.1) is 5.92 Å². The minimum Gasteiger partial charge on any atom is -0.342 e. The Hall–Kier alpha value is -1.59. The van der Waals surface area contributed by atoms with E-state index in [0.29, 0.717) is 19.0 Å². The standard InChI is InChI=1S/C19H29N3O3/c23-17-4-2-10-22(17)16-7-11-20(12-8-16)19(25)15-3-1-9-21(13-15)18(24)14-5-6-14/h14-16H,1-13H2. The predicted molar refractivity (Wildman–Crippen MR) is 92.6 cm³/mol. The van der Waals surface area contributed by atoms with Crippen LogP contribution in [0.2, 0.25) is 0 Å². The molecule has 1 aliphatic carbocycles. The predicted octanol–water partition coefficient (Wildman–Crippen LogP) is 1.25. The Balaban J connectivity index is 1.29. The summed E-state index contributed by atoms with van der Waals surface area (Å²) < 4.78 is 0. The maximum atomic E-state index is 12.9. The van der Waals surface area contributed by atoms with Crippen LogP contribution in [0.5, 0.6) is 0 Å². The zero-order chi connectivity index (χ0) is 17.4. The van der Waals surface area contributed by atoms with Gasteiger partial charge in [0.15, 0.2) is 0 Å². The highest BCUT2D eigenvalue weighted by atomic mass is 16.2. The Labute approximate surface area is 149 Å². The lowest BCUT2D eigenvalue weighted by atomic mass is 9.94. The second-order valence-electron chi connectivity index (χ2n) is 8.14. The third-order valence-electron chi connectivity index (χ3n) is 6.34. The van der Waals surface area contributed by atoms with Gasteiger partial charge < -0.3 is 14.7 Å². The van der Waals surface area contributed by atoms with Crippen molar-refractivity contribution in [2.45, 2.75) is 57.4 Å². The number of hydrogen-bond donors (Lipinski definition) is 0. The van der Waals surface area contributed by atoms with Gasteiger partial charge in [-0.2, -0.15) is 0 Å². The molecule has 6 heteroatoms. The number of carbonyl (C=O) groups excluding carboxylic acids is 3. The summed E-state index contributed by atoms with van der Waals surface area (Å²) in [6.07, 6.45) is 7.35. The Morgan fingerprint density at radius 1 is 0.760 bits per heavy atom. The van der Waals surface area contributed by atoms with E-state index in [-0.39, 0.29) is 29.6 Å². The van der Waals surface area contributed by atoms with Gasteiger partial charge in [-0.25, -0.2) is 0 Å². The summed E-state index contributed by atoms with van der Waals surface area (Å²) in [5.41, 5.74) is 0. The topological polar surface area (TPSA) is 60.9 Å². The molecule has 3 amide bonds. The van der Waals surface area contributed by atoms with Crippen LogP contribution in [0, 0.1) is 11.8 Å². The van der Waals surface area contributed by atoms with Crippen LogP contribution in [0.25, 0.3) is 0 Å². The first-order valence-electron chi connectivity index (χ1n) is 10.0. The third kappa shape index (κ3) is 3.53. The molecule has 0 aromatic carbocycles. The van der Waals surface area contributed by atoms with Gasteiger partial charge in [0.1, 0.15) is 0 Å². The zero-order valence-electron chi connectivity index (χ0n) is 15.0. The average Bonchev–Trinajstić information content (AvgIpc) is 3.42. The summed E-state index contributed by atoms with van der Waals surface area (Å²) in [4.78, 5) is 43.0. The van der Waals surface area contributed by atoms with Gasteiger partial charge in [-0.3, -0.25) is 14.4 Å². The molecule has 25 heavy (non-hydrogen) atoms. The van der Waals surface area contributed by atoms with Gasteiger partial charge in [-0.05, 0) is 44.9 Å². The summed E-state index contributed by atoms with van der Waals surface area (Å²) in [7, 11) is 0. The van der Waals surface area contributed by atoms with Crippen molar-refractivity contribution in [3.8, 4) is 0 Å². The fraction of sp³-hybridized carbons (Fsp3) is 0.842. The number of nitrogens with zero attached hydrogens (tertiary/aromatic N) is 3. The molecule has 1 atom stereocenters. The van der Waals surface area contributed by atoms with E-state index in [0.717, 1.165) is 71.1 Å². The van der Waals surface area contributed by atoms with Gasteiger partial charge in [-0.1, -0.05) is 0 Å². The number of carbonyl (C=O) groups is 3. The van der Waals surface area contributed by atoms with E-state index >= 15 is 0 Å². The van der Waals surface area contributed by atoms with E-state index < -0.39 is 0 Å². The molecule has 4 fully saturated rings. The van der Waals surface area contributed by atoms with E-state index in [1.165, 1.54) is 0 Å². The molecule has 138 valence electrons. The van der Waals surface area contributed by atoms with E-state index in [9.17, 15) is 14.4 Å². The SMILES string of the molecule is O=C(C1CCCN(C(=O)C2CC2)C1)N1CCC(N2CCCC2=O)CC1.